The summed E-state index contributed by atoms with van der Waals surface area (Å²) in [5.41, 5.74) is 8.04. The Morgan fingerprint density at radius 1 is 1.29 bits per heavy atom. The topological polar surface area (TPSA) is 66.9 Å². The van der Waals surface area contributed by atoms with Crippen molar-refractivity contribution in [1.82, 2.24) is 0 Å². The summed E-state index contributed by atoms with van der Waals surface area (Å²) in [5.74, 6) is -0.177. The normalized spacial score (nSPS) is 11.7. The van der Waals surface area contributed by atoms with Crippen LogP contribution in [0.4, 0.5) is 5.69 Å². The van der Waals surface area contributed by atoms with Gasteiger partial charge in [-0.3, -0.25) is 4.79 Å². The Morgan fingerprint density at radius 2 is 1.95 bits per heavy atom. The number of benzene rings is 2. The van der Waals surface area contributed by atoms with E-state index in [0.717, 1.165) is 0 Å². The fourth-order valence-electron chi connectivity index (χ4n) is 2.02. The molecule has 0 bridgehead atoms. The standard InChI is InChI=1S/C16H13ClN2OS/c1-21-14(9-18)12-3-2-4-13(15(12)19)16(20)10-5-7-11(17)8-6-10/h2-8,14H,19H2,1H3. The first kappa shape index (κ1) is 15.4. The van der Waals surface area contributed by atoms with Gasteiger partial charge in [0.1, 0.15) is 5.25 Å². The molecular weight excluding hydrogens is 304 g/mol. The van der Waals surface area contributed by atoms with Crippen LogP contribution in [0.1, 0.15) is 26.7 Å². The van der Waals surface area contributed by atoms with E-state index in [0.29, 0.717) is 27.4 Å². The van der Waals surface area contributed by atoms with Crippen molar-refractivity contribution >= 4 is 34.8 Å². The summed E-state index contributed by atoms with van der Waals surface area (Å²) in [4.78, 5) is 12.5. The zero-order chi connectivity index (χ0) is 15.4. The largest absolute Gasteiger partial charge is 0.398 e. The molecule has 2 aromatic rings. The van der Waals surface area contributed by atoms with E-state index in [1.165, 1.54) is 11.8 Å². The zero-order valence-electron chi connectivity index (χ0n) is 11.3. The lowest BCUT2D eigenvalue weighted by atomic mass is 9.98. The van der Waals surface area contributed by atoms with Gasteiger partial charge in [0.25, 0.3) is 0 Å². The van der Waals surface area contributed by atoms with Gasteiger partial charge < -0.3 is 5.73 Å². The van der Waals surface area contributed by atoms with E-state index >= 15 is 0 Å². The van der Waals surface area contributed by atoms with Gasteiger partial charge in [-0.15, -0.1) is 11.8 Å². The zero-order valence-corrected chi connectivity index (χ0v) is 12.9. The Bertz CT molecular complexity index is 707. The molecular formula is C16H13ClN2OS. The van der Waals surface area contributed by atoms with Crippen LogP contribution < -0.4 is 5.73 Å². The van der Waals surface area contributed by atoms with Crippen molar-refractivity contribution in [1.29, 1.82) is 5.26 Å². The molecule has 1 atom stereocenters. The highest BCUT2D eigenvalue weighted by atomic mass is 35.5. The summed E-state index contributed by atoms with van der Waals surface area (Å²) >= 11 is 7.21. The average molecular weight is 317 g/mol. The molecule has 0 aliphatic heterocycles. The van der Waals surface area contributed by atoms with Crippen molar-refractivity contribution in [2.24, 2.45) is 0 Å². The second-order valence-electron chi connectivity index (χ2n) is 4.39. The highest BCUT2D eigenvalue weighted by molar-refractivity contribution is 7.99. The molecule has 0 amide bonds. The molecule has 1 unspecified atom stereocenters. The predicted molar refractivity (Wildman–Crippen MR) is 87.6 cm³/mol. The van der Waals surface area contributed by atoms with Crippen LogP contribution in [0.2, 0.25) is 5.02 Å². The van der Waals surface area contributed by atoms with Gasteiger partial charge in [-0.25, -0.2) is 0 Å². The van der Waals surface area contributed by atoms with E-state index in [1.807, 2.05) is 6.26 Å². The molecule has 0 saturated carbocycles. The number of nitriles is 1. The monoisotopic (exact) mass is 316 g/mol. The van der Waals surface area contributed by atoms with Crippen molar-refractivity contribution in [3.8, 4) is 6.07 Å². The first-order valence-corrected chi connectivity index (χ1v) is 7.86. The number of nitrogens with zero attached hydrogens (tertiary/aromatic N) is 1. The van der Waals surface area contributed by atoms with Crippen molar-refractivity contribution in [3.05, 3.63) is 64.2 Å². The Labute approximate surface area is 132 Å². The number of anilines is 1. The maximum atomic E-state index is 12.5. The van der Waals surface area contributed by atoms with E-state index in [4.69, 9.17) is 22.6 Å². The van der Waals surface area contributed by atoms with Gasteiger partial charge in [0.05, 0.1) is 6.07 Å². The number of ketones is 1. The number of carbonyl (C=O) groups is 1. The van der Waals surface area contributed by atoms with Crippen LogP contribution in [0.25, 0.3) is 0 Å². The number of halogens is 1. The molecule has 21 heavy (non-hydrogen) atoms. The molecule has 0 radical (unpaired) electrons. The fourth-order valence-corrected chi connectivity index (χ4v) is 2.71. The van der Waals surface area contributed by atoms with E-state index in [2.05, 4.69) is 6.07 Å². The second kappa shape index (κ2) is 6.66. The Kier molecular flexibility index (Phi) is 4.89. The number of nitrogens with two attached hydrogens (primary N) is 1. The number of para-hydroxylation sites is 1. The SMILES string of the molecule is CSC(C#N)c1cccc(C(=O)c2ccc(Cl)cc2)c1N. The molecule has 3 nitrogen and oxygen atoms in total. The maximum absolute atomic E-state index is 12.5. The molecule has 0 saturated heterocycles. The van der Waals surface area contributed by atoms with Crippen LogP contribution in [0, 0.1) is 11.3 Å². The van der Waals surface area contributed by atoms with Gasteiger partial charge in [-0.2, -0.15) is 5.26 Å². The maximum Gasteiger partial charge on any atom is 0.195 e. The highest BCUT2D eigenvalue weighted by Gasteiger charge is 2.18. The van der Waals surface area contributed by atoms with E-state index in [9.17, 15) is 4.79 Å². The Balaban J connectivity index is 2.45. The number of thioether (sulfide) groups is 1. The number of carbonyl (C=O) groups excluding carboxylic acids is 1. The summed E-state index contributed by atoms with van der Waals surface area (Å²) in [6, 6.07) is 14.0. The molecule has 0 aliphatic carbocycles. The van der Waals surface area contributed by atoms with Gasteiger partial charge in [-0.05, 0) is 36.6 Å². The van der Waals surface area contributed by atoms with E-state index < -0.39 is 0 Å². The average Bonchev–Trinajstić information content (AvgIpc) is 2.50. The lowest BCUT2D eigenvalue weighted by Gasteiger charge is -2.13. The highest BCUT2D eigenvalue weighted by Crippen LogP contribution is 2.32. The first-order chi connectivity index (χ1) is 10.1. The minimum Gasteiger partial charge on any atom is -0.398 e. The van der Waals surface area contributed by atoms with E-state index in [-0.39, 0.29) is 11.0 Å². The van der Waals surface area contributed by atoms with Crippen LogP contribution in [0.3, 0.4) is 0 Å². The molecule has 5 heteroatoms. The van der Waals surface area contributed by atoms with Gasteiger partial charge in [0.15, 0.2) is 5.78 Å². The first-order valence-electron chi connectivity index (χ1n) is 6.19. The third-order valence-corrected chi connectivity index (χ3v) is 4.21. The third kappa shape index (κ3) is 3.21. The van der Waals surface area contributed by atoms with Gasteiger partial charge in [-0.1, -0.05) is 23.7 Å². The van der Waals surface area contributed by atoms with Crippen molar-refractivity contribution in [2.75, 3.05) is 12.0 Å². The Hall–Kier alpha value is -1.96. The minimum atomic E-state index is -0.386. The summed E-state index contributed by atoms with van der Waals surface area (Å²) < 4.78 is 0. The van der Waals surface area contributed by atoms with Crippen LogP contribution in [0.5, 0.6) is 0 Å². The number of hydrogen-bond acceptors (Lipinski definition) is 4. The summed E-state index contributed by atoms with van der Waals surface area (Å²) in [5, 5.41) is 9.34. The van der Waals surface area contributed by atoms with Gasteiger partial charge in [0, 0.05) is 27.4 Å². The lowest BCUT2D eigenvalue weighted by molar-refractivity contribution is 0.103. The lowest BCUT2D eigenvalue weighted by Crippen LogP contribution is -2.08. The molecule has 2 N–H and O–H groups in total. The minimum absolute atomic E-state index is 0.177. The molecule has 0 fully saturated rings. The van der Waals surface area contributed by atoms with E-state index in [1.54, 1.807) is 42.5 Å². The molecule has 2 rings (SSSR count). The summed E-state index contributed by atoms with van der Waals surface area (Å²) in [6.45, 7) is 0. The molecule has 106 valence electrons. The number of rotatable bonds is 4. The smallest absolute Gasteiger partial charge is 0.195 e. The second-order valence-corrected chi connectivity index (χ2v) is 5.77. The molecule has 0 aromatic heterocycles. The molecule has 2 aromatic carbocycles. The predicted octanol–water partition coefficient (Wildman–Crippen LogP) is 4.08. The van der Waals surface area contributed by atoms with Crippen molar-refractivity contribution in [2.45, 2.75) is 5.25 Å². The van der Waals surface area contributed by atoms with Crippen LogP contribution in [0.15, 0.2) is 42.5 Å². The Morgan fingerprint density at radius 3 is 2.52 bits per heavy atom. The summed E-state index contributed by atoms with van der Waals surface area (Å²) in [6.07, 6.45) is 1.83. The van der Waals surface area contributed by atoms with Crippen LogP contribution in [-0.2, 0) is 0 Å². The van der Waals surface area contributed by atoms with Crippen molar-refractivity contribution in [3.63, 3.8) is 0 Å². The molecule has 0 heterocycles. The number of hydrogen-bond donors (Lipinski definition) is 1. The van der Waals surface area contributed by atoms with Crippen molar-refractivity contribution < 1.29 is 4.79 Å². The fraction of sp³-hybridized carbons (Fsp3) is 0.125. The van der Waals surface area contributed by atoms with Gasteiger partial charge in [0.2, 0.25) is 0 Å². The van der Waals surface area contributed by atoms with Crippen LogP contribution >= 0.6 is 23.4 Å². The van der Waals surface area contributed by atoms with Crippen LogP contribution in [-0.4, -0.2) is 12.0 Å². The molecule has 0 aliphatic rings. The molecule has 0 spiro atoms. The van der Waals surface area contributed by atoms with Gasteiger partial charge >= 0.3 is 0 Å². The number of nitrogen functional groups attached to an aromatic ring is 1. The third-order valence-electron chi connectivity index (χ3n) is 3.13. The quantitative estimate of drug-likeness (QED) is 0.681. The summed E-state index contributed by atoms with van der Waals surface area (Å²) in [7, 11) is 0.